The molecule has 0 bridgehead atoms. The predicted molar refractivity (Wildman–Crippen MR) is 71.7 cm³/mol. The normalized spacial score (nSPS) is 31.0. The monoisotopic (exact) mass is 290 g/mol. The van der Waals surface area contributed by atoms with E-state index in [1.807, 2.05) is 6.92 Å². The van der Waals surface area contributed by atoms with E-state index in [0.717, 1.165) is 19.4 Å². The van der Waals surface area contributed by atoms with Crippen molar-refractivity contribution in [3.63, 3.8) is 0 Å². The molecule has 2 N–H and O–H groups in total. The Bertz CT molecular complexity index is 417. The maximum atomic E-state index is 11.7. The Hall–Kier alpha value is -0.820. The second-order valence-corrected chi connectivity index (χ2v) is 7.69. The Labute approximate surface area is 114 Å². The van der Waals surface area contributed by atoms with E-state index in [1.165, 1.54) is 0 Å². The maximum Gasteiger partial charge on any atom is 0.315 e. The van der Waals surface area contributed by atoms with Crippen LogP contribution >= 0.6 is 0 Å². The smallest absolute Gasteiger partial charge is 0.315 e. The van der Waals surface area contributed by atoms with Gasteiger partial charge in [-0.3, -0.25) is 0 Å². The van der Waals surface area contributed by atoms with Crippen molar-refractivity contribution >= 4 is 15.9 Å². The molecule has 110 valence electrons. The van der Waals surface area contributed by atoms with Crippen LogP contribution in [0.3, 0.4) is 0 Å². The molecule has 2 rings (SSSR count). The van der Waals surface area contributed by atoms with Crippen molar-refractivity contribution in [2.24, 2.45) is 5.92 Å². The quantitative estimate of drug-likeness (QED) is 0.779. The van der Waals surface area contributed by atoms with Crippen molar-refractivity contribution in [1.82, 2.24) is 10.6 Å². The average molecular weight is 290 g/mol. The molecule has 2 heterocycles. The first-order valence-corrected chi connectivity index (χ1v) is 8.65. The van der Waals surface area contributed by atoms with Gasteiger partial charge in [0.15, 0.2) is 9.84 Å². The van der Waals surface area contributed by atoms with Crippen molar-refractivity contribution in [3.05, 3.63) is 0 Å². The van der Waals surface area contributed by atoms with E-state index < -0.39 is 9.84 Å². The third-order valence-electron chi connectivity index (χ3n) is 3.76. The predicted octanol–water partition coefficient (Wildman–Crippen LogP) is 0.288. The van der Waals surface area contributed by atoms with Gasteiger partial charge in [0, 0.05) is 13.2 Å². The van der Waals surface area contributed by atoms with Crippen LogP contribution in [-0.2, 0) is 14.6 Å². The number of carbonyl (C=O) groups is 1. The minimum atomic E-state index is -2.87. The Kier molecular flexibility index (Phi) is 4.67. The summed E-state index contributed by atoms with van der Waals surface area (Å²) in [4.78, 5) is 11.7. The van der Waals surface area contributed by atoms with Crippen molar-refractivity contribution in [2.75, 3.05) is 24.7 Å². The van der Waals surface area contributed by atoms with E-state index in [2.05, 4.69) is 10.6 Å². The molecule has 2 aliphatic rings. The minimum Gasteiger partial charge on any atom is -0.376 e. The van der Waals surface area contributed by atoms with E-state index in [9.17, 15) is 13.2 Å². The molecule has 0 aromatic rings. The van der Waals surface area contributed by atoms with Gasteiger partial charge in [-0.05, 0) is 32.1 Å². The first kappa shape index (κ1) is 14.6. The van der Waals surface area contributed by atoms with E-state index in [4.69, 9.17) is 4.74 Å². The fourth-order valence-corrected chi connectivity index (χ4v) is 4.48. The summed E-state index contributed by atoms with van der Waals surface area (Å²) in [7, 11) is -2.87. The zero-order chi connectivity index (χ0) is 13.9. The third-order valence-corrected chi connectivity index (χ3v) is 5.60. The fraction of sp³-hybridized carbons (Fsp3) is 0.917. The summed E-state index contributed by atoms with van der Waals surface area (Å²) in [6, 6.07) is -0.262. The summed E-state index contributed by atoms with van der Waals surface area (Å²) >= 11 is 0. The number of hydrogen-bond donors (Lipinski definition) is 2. The Balaban J connectivity index is 1.67. The minimum absolute atomic E-state index is 0.0187. The van der Waals surface area contributed by atoms with Crippen LogP contribution in [0.25, 0.3) is 0 Å². The summed E-state index contributed by atoms with van der Waals surface area (Å²) < 4.78 is 28.1. The van der Waals surface area contributed by atoms with Gasteiger partial charge in [-0.1, -0.05) is 0 Å². The summed E-state index contributed by atoms with van der Waals surface area (Å²) in [6.45, 7) is 3.11. The lowest BCUT2D eigenvalue weighted by atomic mass is 10.1. The highest BCUT2D eigenvalue weighted by atomic mass is 32.2. The Morgan fingerprint density at radius 1 is 1.42 bits per heavy atom. The van der Waals surface area contributed by atoms with Crippen LogP contribution in [0.2, 0.25) is 0 Å². The van der Waals surface area contributed by atoms with Gasteiger partial charge in [0.05, 0.1) is 23.7 Å². The van der Waals surface area contributed by atoms with E-state index >= 15 is 0 Å². The average Bonchev–Trinajstić information content (AvgIpc) is 2.95. The number of nitrogens with one attached hydrogen (secondary N) is 2. The first-order valence-electron chi connectivity index (χ1n) is 6.83. The zero-order valence-corrected chi connectivity index (χ0v) is 12.0. The first-order chi connectivity index (χ1) is 8.96. The molecule has 0 aromatic heterocycles. The number of hydrogen-bond acceptors (Lipinski definition) is 4. The summed E-state index contributed by atoms with van der Waals surface area (Å²) in [6.07, 6.45) is 2.75. The lowest BCUT2D eigenvalue weighted by Gasteiger charge is -2.20. The van der Waals surface area contributed by atoms with Crippen LogP contribution in [0.5, 0.6) is 0 Å². The highest BCUT2D eigenvalue weighted by molar-refractivity contribution is 7.91. The van der Waals surface area contributed by atoms with Crippen LogP contribution < -0.4 is 10.6 Å². The molecule has 6 nitrogen and oxygen atoms in total. The van der Waals surface area contributed by atoms with Crippen LogP contribution in [0.15, 0.2) is 0 Å². The second kappa shape index (κ2) is 6.09. The van der Waals surface area contributed by atoms with E-state index in [-0.39, 0.29) is 35.6 Å². The van der Waals surface area contributed by atoms with Gasteiger partial charge in [0.1, 0.15) is 0 Å². The number of sulfone groups is 1. The van der Waals surface area contributed by atoms with Crippen LogP contribution in [0, 0.1) is 5.92 Å². The third kappa shape index (κ3) is 4.35. The van der Waals surface area contributed by atoms with E-state index in [1.54, 1.807) is 0 Å². The van der Waals surface area contributed by atoms with Gasteiger partial charge >= 0.3 is 6.03 Å². The summed E-state index contributed by atoms with van der Waals surface area (Å²) in [5.41, 5.74) is 0. The molecular weight excluding hydrogens is 268 g/mol. The van der Waals surface area contributed by atoms with Gasteiger partial charge in [0.25, 0.3) is 0 Å². The van der Waals surface area contributed by atoms with Gasteiger partial charge in [-0.25, -0.2) is 13.2 Å². The van der Waals surface area contributed by atoms with Crippen molar-refractivity contribution in [1.29, 1.82) is 0 Å². The SMILES string of the molecule is C[C@H](NC(=O)NC[C@H]1CCS(=O)(=O)C1)[C@@H]1CCCO1. The molecule has 0 aromatic carbocycles. The number of ether oxygens (including phenoxy) is 1. The van der Waals surface area contributed by atoms with Crippen LogP contribution in [0.4, 0.5) is 4.79 Å². The molecule has 2 aliphatic heterocycles. The second-order valence-electron chi connectivity index (χ2n) is 5.46. The highest BCUT2D eigenvalue weighted by Crippen LogP contribution is 2.17. The highest BCUT2D eigenvalue weighted by Gasteiger charge is 2.28. The molecule has 2 fully saturated rings. The summed E-state index contributed by atoms with van der Waals surface area (Å²) in [5.74, 6) is 0.482. The molecule has 2 amide bonds. The van der Waals surface area contributed by atoms with Gasteiger partial charge < -0.3 is 15.4 Å². The largest absolute Gasteiger partial charge is 0.376 e. The molecule has 0 saturated carbocycles. The molecule has 0 aliphatic carbocycles. The number of urea groups is 1. The zero-order valence-electron chi connectivity index (χ0n) is 11.2. The Morgan fingerprint density at radius 3 is 2.79 bits per heavy atom. The van der Waals surface area contributed by atoms with E-state index in [0.29, 0.717) is 13.0 Å². The molecule has 19 heavy (non-hydrogen) atoms. The van der Waals surface area contributed by atoms with Crippen LogP contribution in [-0.4, -0.2) is 51.3 Å². The topological polar surface area (TPSA) is 84.5 Å². The maximum absolute atomic E-state index is 11.7. The number of rotatable bonds is 4. The molecular formula is C12H22N2O4S. The Morgan fingerprint density at radius 2 is 2.21 bits per heavy atom. The van der Waals surface area contributed by atoms with Gasteiger partial charge in [0.2, 0.25) is 0 Å². The van der Waals surface area contributed by atoms with Gasteiger partial charge in [-0.2, -0.15) is 0 Å². The molecule has 0 radical (unpaired) electrons. The molecule has 2 saturated heterocycles. The fourth-order valence-electron chi connectivity index (χ4n) is 2.62. The van der Waals surface area contributed by atoms with Crippen molar-refractivity contribution in [2.45, 2.75) is 38.3 Å². The van der Waals surface area contributed by atoms with Crippen LogP contribution in [0.1, 0.15) is 26.2 Å². The van der Waals surface area contributed by atoms with Gasteiger partial charge in [-0.15, -0.1) is 0 Å². The lowest BCUT2D eigenvalue weighted by Crippen LogP contribution is -2.47. The summed E-state index contributed by atoms with van der Waals surface area (Å²) in [5, 5.41) is 5.59. The molecule has 7 heteroatoms. The molecule has 0 spiro atoms. The van der Waals surface area contributed by atoms with Crippen molar-refractivity contribution < 1.29 is 17.9 Å². The molecule has 0 unspecified atom stereocenters. The number of carbonyl (C=O) groups excluding carboxylic acids is 1. The van der Waals surface area contributed by atoms with Crippen molar-refractivity contribution in [3.8, 4) is 0 Å². The molecule has 3 atom stereocenters. The lowest BCUT2D eigenvalue weighted by molar-refractivity contribution is 0.0860. The number of amides is 2. The standard InChI is InChI=1S/C12H22N2O4S/c1-9(11-3-2-5-18-11)14-12(15)13-7-10-4-6-19(16,17)8-10/h9-11H,2-8H2,1H3,(H2,13,14,15)/t9-,10+,11-/m0/s1.